The van der Waals surface area contributed by atoms with Crippen LogP contribution in [0.4, 0.5) is 5.69 Å². The lowest BCUT2D eigenvalue weighted by atomic mass is 9.98. The molecule has 2 N–H and O–H groups in total. The van der Waals surface area contributed by atoms with E-state index in [1.807, 2.05) is 19.1 Å². The van der Waals surface area contributed by atoms with Gasteiger partial charge >= 0.3 is 0 Å². The van der Waals surface area contributed by atoms with E-state index >= 15 is 0 Å². The zero-order chi connectivity index (χ0) is 23.5. The Bertz CT molecular complexity index is 1300. The SMILES string of the molecule is CCCOC(CC)Cc1c(-c2c(C)cc(-n3ccc(C#N)n3)cc2N)nc2cc(C)ccn12. The van der Waals surface area contributed by atoms with Crippen molar-refractivity contribution in [2.24, 2.45) is 0 Å². The molecule has 1 atom stereocenters. The first-order valence-electron chi connectivity index (χ1n) is 11.4. The van der Waals surface area contributed by atoms with Crippen molar-refractivity contribution >= 4 is 11.3 Å². The maximum absolute atomic E-state index is 9.09. The van der Waals surface area contributed by atoms with Crippen molar-refractivity contribution in [2.45, 2.75) is 53.1 Å². The number of pyridine rings is 1. The van der Waals surface area contributed by atoms with E-state index in [2.05, 4.69) is 54.7 Å². The van der Waals surface area contributed by atoms with E-state index in [0.29, 0.717) is 11.4 Å². The Kier molecular flexibility index (Phi) is 6.47. The highest BCUT2D eigenvalue weighted by Gasteiger charge is 2.22. The zero-order valence-electron chi connectivity index (χ0n) is 19.7. The number of fused-ring (bicyclic) bond motifs is 1. The second-order valence-corrected chi connectivity index (χ2v) is 8.43. The van der Waals surface area contributed by atoms with Crippen LogP contribution in [-0.2, 0) is 11.2 Å². The van der Waals surface area contributed by atoms with Crippen LogP contribution >= 0.6 is 0 Å². The summed E-state index contributed by atoms with van der Waals surface area (Å²) in [5.41, 5.74) is 14.4. The third-order valence-corrected chi connectivity index (χ3v) is 5.87. The molecule has 1 aromatic carbocycles. The molecule has 0 saturated heterocycles. The molecule has 7 nitrogen and oxygen atoms in total. The normalized spacial score (nSPS) is 12.2. The number of nitrogen functional groups attached to an aromatic ring is 1. The fourth-order valence-electron chi connectivity index (χ4n) is 4.19. The van der Waals surface area contributed by atoms with E-state index in [-0.39, 0.29) is 6.10 Å². The number of ether oxygens (including phenoxy) is 1. The molecule has 0 radical (unpaired) electrons. The second kappa shape index (κ2) is 9.47. The number of nitriles is 1. The Labute approximate surface area is 194 Å². The smallest absolute Gasteiger partial charge is 0.162 e. The Balaban J connectivity index is 1.84. The highest BCUT2D eigenvalue weighted by atomic mass is 16.5. The van der Waals surface area contributed by atoms with Crippen molar-refractivity contribution in [1.82, 2.24) is 19.2 Å². The average Bonchev–Trinajstić information content (AvgIpc) is 3.41. The van der Waals surface area contributed by atoms with Gasteiger partial charge in [-0.05, 0) is 68.1 Å². The van der Waals surface area contributed by atoms with E-state index in [9.17, 15) is 0 Å². The van der Waals surface area contributed by atoms with Crippen molar-refractivity contribution in [2.75, 3.05) is 12.3 Å². The summed E-state index contributed by atoms with van der Waals surface area (Å²) in [6, 6.07) is 11.9. The molecule has 33 heavy (non-hydrogen) atoms. The van der Waals surface area contributed by atoms with E-state index in [1.165, 1.54) is 0 Å². The van der Waals surface area contributed by atoms with Gasteiger partial charge in [-0.15, -0.1) is 0 Å². The highest BCUT2D eigenvalue weighted by Crippen LogP contribution is 2.35. The van der Waals surface area contributed by atoms with Crippen LogP contribution in [0.5, 0.6) is 0 Å². The number of nitrogens with two attached hydrogens (primary N) is 1. The van der Waals surface area contributed by atoms with Crippen LogP contribution in [0, 0.1) is 25.2 Å². The van der Waals surface area contributed by atoms with Crippen LogP contribution < -0.4 is 5.73 Å². The number of aromatic nitrogens is 4. The van der Waals surface area contributed by atoms with Gasteiger partial charge in [-0.1, -0.05) is 13.8 Å². The summed E-state index contributed by atoms with van der Waals surface area (Å²) in [7, 11) is 0. The Morgan fingerprint density at radius 3 is 2.64 bits per heavy atom. The Morgan fingerprint density at radius 2 is 1.97 bits per heavy atom. The standard InChI is InChI=1S/C26H30N6O/c1-5-11-33-21(6-2)15-23-26(29-24-12-17(3)7-9-31(23)24)25-18(4)13-20(14-22(25)28)32-10-8-19(16-27)30-32/h7-10,12-14,21H,5-6,11,15,28H2,1-4H3. The topological polar surface area (TPSA) is 94.2 Å². The van der Waals surface area contributed by atoms with Crippen molar-refractivity contribution < 1.29 is 4.74 Å². The Morgan fingerprint density at radius 1 is 1.15 bits per heavy atom. The van der Waals surface area contributed by atoms with Gasteiger partial charge < -0.3 is 14.9 Å². The van der Waals surface area contributed by atoms with Crippen LogP contribution in [-0.4, -0.2) is 31.9 Å². The molecule has 0 aliphatic heterocycles. The molecular weight excluding hydrogens is 412 g/mol. The number of nitrogens with zero attached hydrogens (tertiary/aromatic N) is 5. The second-order valence-electron chi connectivity index (χ2n) is 8.43. The summed E-state index contributed by atoms with van der Waals surface area (Å²) < 4.78 is 9.94. The zero-order valence-corrected chi connectivity index (χ0v) is 19.7. The fourth-order valence-corrected chi connectivity index (χ4v) is 4.19. The van der Waals surface area contributed by atoms with Crippen LogP contribution in [0.2, 0.25) is 0 Å². The first kappa shape index (κ1) is 22.6. The van der Waals surface area contributed by atoms with Gasteiger partial charge in [0.2, 0.25) is 0 Å². The summed E-state index contributed by atoms with van der Waals surface area (Å²) in [6.07, 6.45) is 6.62. The third kappa shape index (κ3) is 4.48. The number of hydrogen-bond donors (Lipinski definition) is 1. The van der Waals surface area contributed by atoms with Crippen molar-refractivity contribution in [1.29, 1.82) is 5.26 Å². The van der Waals surface area contributed by atoms with E-state index < -0.39 is 0 Å². The molecule has 0 aliphatic carbocycles. The van der Waals surface area contributed by atoms with Crippen LogP contribution in [0.3, 0.4) is 0 Å². The van der Waals surface area contributed by atoms with Crippen LogP contribution in [0.1, 0.15) is 49.2 Å². The number of rotatable bonds is 8. The van der Waals surface area contributed by atoms with Gasteiger partial charge in [0.05, 0.1) is 23.2 Å². The minimum atomic E-state index is 0.110. The molecule has 4 rings (SSSR count). The largest absolute Gasteiger partial charge is 0.398 e. The fraction of sp³-hybridized carbons (Fsp3) is 0.346. The van der Waals surface area contributed by atoms with Gasteiger partial charge in [0.1, 0.15) is 11.7 Å². The lowest BCUT2D eigenvalue weighted by molar-refractivity contribution is 0.0508. The first-order chi connectivity index (χ1) is 15.9. The predicted molar refractivity (Wildman–Crippen MR) is 130 cm³/mol. The summed E-state index contributed by atoms with van der Waals surface area (Å²) in [5, 5.41) is 13.4. The highest BCUT2D eigenvalue weighted by molar-refractivity contribution is 5.82. The summed E-state index contributed by atoms with van der Waals surface area (Å²) in [5.74, 6) is 0. The molecule has 3 heterocycles. The Hall–Kier alpha value is -3.63. The number of aryl methyl sites for hydroxylation is 2. The van der Waals surface area contributed by atoms with Crippen molar-refractivity contribution in [3.63, 3.8) is 0 Å². The third-order valence-electron chi connectivity index (χ3n) is 5.87. The number of hydrogen-bond acceptors (Lipinski definition) is 5. The minimum Gasteiger partial charge on any atom is -0.398 e. The molecule has 3 aromatic heterocycles. The van der Waals surface area contributed by atoms with Gasteiger partial charge in [-0.25, -0.2) is 9.67 Å². The lowest BCUT2D eigenvalue weighted by Crippen LogP contribution is -2.17. The predicted octanol–water partition coefficient (Wildman–Crippen LogP) is 5.01. The quantitative estimate of drug-likeness (QED) is 0.387. The van der Waals surface area contributed by atoms with Crippen LogP contribution in [0.15, 0.2) is 42.7 Å². The molecule has 0 saturated carbocycles. The first-order valence-corrected chi connectivity index (χ1v) is 11.4. The molecule has 4 aromatic rings. The number of benzene rings is 1. The van der Waals surface area contributed by atoms with Crippen molar-refractivity contribution in [3.05, 3.63) is 65.2 Å². The average molecular weight is 443 g/mol. The molecule has 0 spiro atoms. The molecule has 0 amide bonds. The molecule has 0 fully saturated rings. The van der Waals surface area contributed by atoms with E-state index in [0.717, 1.165) is 65.3 Å². The molecule has 0 aliphatic rings. The molecule has 0 bridgehead atoms. The maximum Gasteiger partial charge on any atom is 0.162 e. The number of anilines is 1. The summed E-state index contributed by atoms with van der Waals surface area (Å²) in [6.45, 7) is 9.13. The van der Waals surface area contributed by atoms with Gasteiger partial charge in [0, 0.05) is 36.7 Å². The molecule has 7 heteroatoms. The van der Waals surface area contributed by atoms with Gasteiger partial charge in [-0.3, -0.25) is 0 Å². The monoisotopic (exact) mass is 442 g/mol. The van der Waals surface area contributed by atoms with Crippen molar-refractivity contribution in [3.8, 4) is 23.0 Å². The van der Waals surface area contributed by atoms with E-state index in [4.69, 9.17) is 20.7 Å². The van der Waals surface area contributed by atoms with Gasteiger partial charge in [0.15, 0.2) is 5.69 Å². The van der Waals surface area contributed by atoms with Gasteiger partial charge in [0.25, 0.3) is 0 Å². The molecule has 170 valence electrons. The van der Waals surface area contributed by atoms with Crippen LogP contribution in [0.25, 0.3) is 22.6 Å². The summed E-state index contributed by atoms with van der Waals surface area (Å²) in [4.78, 5) is 5.01. The molecular formula is C26H30N6O. The molecule has 1 unspecified atom stereocenters. The number of imidazole rings is 1. The maximum atomic E-state index is 9.09. The minimum absolute atomic E-state index is 0.110. The van der Waals surface area contributed by atoms with Gasteiger partial charge in [-0.2, -0.15) is 10.4 Å². The summed E-state index contributed by atoms with van der Waals surface area (Å²) >= 11 is 0. The van der Waals surface area contributed by atoms with E-state index in [1.54, 1.807) is 16.9 Å². The lowest BCUT2D eigenvalue weighted by Gasteiger charge is -2.18.